The highest BCUT2D eigenvalue weighted by Gasteiger charge is 2.45. The summed E-state index contributed by atoms with van der Waals surface area (Å²) in [7, 11) is 0. The van der Waals surface area contributed by atoms with Crippen molar-refractivity contribution in [1.29, 1.82) is 0 Å². The third-order valence-electron chi connectivity index (χ3n) is 6.59. The van der Waals surface area contributed by atoms with Gasteiger partial charge in [-0.15, -0.1) is 11.3 Å². The van der Waals surface area contributed by atoms with Gasteiger partial charge < -0.3 is 14.7 Å². The molecular formula is C24H27N5O3S. The molecule has 0 radical (unpaired) electrons. The molecule has 0 unspecified atom stereocenters. The van der Waals surface area contributed by atoms with Gasteiger partial charge in [0, 0.05) is 43.0 Å². The lowest BCUT2D eigenvalue weighted by molar-refractivity contribution is -0.126. The zero-order chi connectivity index (χ0) is 22.6. The van der Waals surface area contributed by atoms with Crippen LogP contribution in [-0.4, -0.2) is 51.0 Å². The van der Waals surface area contributed by atoms with Gasteiger partial charge in [0.2, 0.25) is 17.6 Å². The topological polar surface area (TPSA) is 101 Å². The fourth-order valence-electron chi connectivity index (χ4n) is 4.92. The van der Waals surface area contributed by atoms with E-state index in [0.29, 0.717) is 42.5 Å². The smallest absolute Gasteiger partial charge is 0.264 e. The highest BCUT2D eigenvalue weighted by Crippen LogP contribution is 2.42. The number of nitrogens with one attached hydrogen (secondary N) is 1. The highest BCUT2D eigenvalue weighted by molar-refractivity contribution is 7.12. The van der Waals surface area contributed by atoms with Gasteiger partial charge in [0.1, 0.15) is 0 Å². The Kier molecular flexibility index (Phi) is 6.48. The molecule has 1 aliphatic heterocycles. The lowest BCUT2D eigenvalue weighted by atomic mass is 10.00. The zero-order valence-corrected chi connectivity index (χ0v) is 19.2. The molecule has 3 aromatic rings. The first-order chi connectivity index (χ1) is 16.2. The maximum atomic E-state index is 13.4. The number of rotatable bonds is 3. The molecule has 3 atom stereocenters. The average Bonchev–Trinajstić information content (AvgIpc) is 3.60. The average molecular weight is 466 g/mol. The molecule has 8 nitrogen and oxygen atoms in total. The summed E-state index contributed by atoms with van der Waals surface area (Å²) >= 11 is 1.44. The van der Waals surface area contributed by atoms with Crippen LogP contribution in [0.3, 0.4) is 0 Å². The summed E-state index contributed by atoms with van der Waals surface area (Å²) in [6.07, 6.45) is 8.60. The lowest BCUT2D eigenvalue weighted by Gasteiger charge is -2.32. The van der Waals surface area contributed by atoms with Gasteiger partial charge >= 0.3 is 0 Å². The third kappa shape index (κ3) is 4.68. The molecule has 2 aliphatic rings. The Morgan fingerprint density at radius 3 is 2.88 bits per heavy atom. The molecular weight excluding hydrogens is 438 g/mol. The summed E-state index contributed by atoms with van der Waals surface area (Å²) in [5.41, 5.74) is 0.785. The van der Waals surface area contributed by atoms with E-state index in [0.717, 1.165) is 31.2 Å². The Labute approximate surface area is 196 Å². The van der Waals surface area contributed by atoms with Gasteiger partial charge in [-0.3, -0.25) is 14.6 Å². The van der Waals surface area contributed by atoms with Crippen molar-refractivity contribution in [2.24, 2.45) is 5.92 Å². The molecule has 33 heavy (non-hydrogen) atoms. The van der Waals surface area contributed by atoms with Crippen LogP contribution in [0.1, 0.15) is 60.0 Å². The van der Waals surface area contributed by atoms with Crippen molar-refractivity contribution in [2.75, 3.05) is 13.1 Å². The van der Waals surface area contributed by atoms with E-state index in [-0.39, 0.29) is 29.7 Å². The predicted molar refractivity (Wildman–Crippen MR) is 124 cm³/mol. The number of hydrogen-bond donors (Lipinski definition) is 1. The Morgan fingerprint density at radius 2 is 2.06 bits per heavy atom. The molecule has 0 spiro atoms. The van der Waals surface area contributed by atoms with E-state index in [1.165, 1.54) is 11.3 Å². The predicted octanol–water partition coefficient (Wildman–Crippen LogP) is 3.89. The molecule has 3 aromatic heterocycles. The van der Waals surface area contributed by atoms with Crippen molar-refractivity contribution in [3.8, 4) is 11.4 Å². The number of fused-ring (bicyclic) bond motifs is 1. The van der Waals surface area contributed by atoms with Gasteiger partial charge in [0.05, 0.1) is 10.8 Å². The number of nitrogens with zero attached hydrogens (tertiary/aromatic N) is 4. The van der Waals surface area contributed by atoms with E-state index in [1.54, 1.807) is 12.4 Å². The second-order valence-electron chi connectivity index (χ2n) is 8.72. The maximum absolute atomic E-state index is 13.4. The van der Waals surface area contributed by atoms with Crippen molar-refractivity contribution in [2.45, 2.75) is 50.5 Å². The summed E-state index contributed by atoms with van der Waals surface area (Å²) in [5.74, 6) is 0.652. The normalized spacial score (nSPS) is 24.1. The van der Waals surface area contributed by atoms with E-state index in [4.69, 9.17) is 4.52 Å². The molecule has 2 amide bonds. The van der Waals surface area contributed by atoms with Crippen molar-refractivity contribution in [3.05, 3.63) is 52.8 Å². The second kappa shape index (κ2) is 9.82. The molecule has 1 N–H and O–H groups in total. The summed E-state index contributed by atoms with van der Waals surface area (Å²) in [6, 6.07) is 7.27. The Balaban J connectivity index is 1.43. The largest absolute Gasteiger partial charge is 0.356 e. The molecule has 4 heterocycles. The minimum Gasteiger partial charge on any atom is -0.356 e. The minimum atomic E-state index is -0.300. The molecule has 0 bridgehead atoms. The van der Waals surface area contributed by atoms with Gasteiger partial charge in [0.25, 0.3) is 5.91 Å². The number of carbonyl (C=O) groups is 2. The first kappa shape index (κ1) is 21.8. The molecule has 2 fully saturated rings. The van der Waals surface area contributed by atoms with Gasteiger partial charge in [-0.2, -0.15) is 4.98 Å². The van der Waals surface area contributed by atoms with Gasteiger partial charge in [-0.05, 0) is 49.3 Å². The number of thiophene rings is 1. The van der Waals surface area contributed by atoms with Gasteiger partial charge in [0.15, 0.2) is 0 Å². The number of pyridine rings is 1. The van der Waals surface area contributed by atoms with E-state index in [9.17, 15) is 9.59 Å². The first-order valence-electron chi connectivity index (χ1n) is 11.6. The summed E-state index contributed by atoms with van der Waals surface area (Å²) in [6.45, 7) is 1.33. The number of hydrogen-bond acceptors (Lipinski definition) is 7. The molecule has 1 saturated carbocycles. The van der Waals surface area contributed by atoms with Crippen LogP contribution >= 0.6 is 11.3 Å². The van der Waals surface area contributed by atoms with Crippen LogP contribution < -0.4 is 5.32 Å². The van der Waals surface area contributed by atoms with Crippen LogP contribution in [0, 0.1) is 5.92 Å². The Bertz CT molecular complexity index is 1080. The molecule has 172 valence electrons. The van der Waals surface area contributed by atoms with Crippen molar-refractivity contribution >= 4 is 23.2 Å². The Morgan fingerprint density at radius 1 is 1.15 bits per heavy atom. The lowest BCUT2D eigenvalue weighted by Crippen LogP contribution is -2.47. The van der Waals surface area contributed by atoms with Crippen molar-refractivity contribution in [1.82, 2.24) is 25.3 Å². The zero-order valence-electron chi connectivity index (χ0n) is 18.4. The number of amides is 2. The second-order valence-corrected chi connectivity index (χ2v) is 9.67. The van der Waals surface area contributed by atoms with E-state index in [2.05, 4.69) is 20.4 Å². The third-order valence-corrected chi connectivity index (χ3v) is 7.45. The summed E-state index contributed by atoms with van der Waals surface area (Å²) < 4.78 is 5.62. The first-order valence-corrected chi connectivity index (χ1v) is 12.4. The maximum Gasteiger partial charge on any atom is 0.264 e. The molecule has 1 aliphatic carbocycles. The molecule has 1 saturated heterocycles. The quantitative estimate of drug-likeness (QED) is 0.630. The number of aromatic nitrogens is 3. The standard InChI is InChI=1S/C24H27N5O3S/c30-22-18-13-17(23-27-21(28-32-23)16-7-5-9-25-15-16)14-19(18)29(11-4-2-1-3-10-26-22)24(31)20-8-6-12-33-20/h5-9,12,15,17-19H,1-4,10-11,13-14H2,(H,26,30)/t17-,18-,19+/m1/s1. The van der Waals surface area contributed by atoms with E-state index in [1.807, 2.05) is 34.5 Å². The van der Waals surface area contributed by atoms with Crippen LogP contribution in [0.5, 0.6) is 0 Å². The molecule has 0 aromatic carbocycles. The minimum absolute atomic E-state index is 0.00859. The summed E-state index contributed by atoms with van der Waals surface area (Å²) in [5, 5.41) is 9.15. The van der Waals surface area contributed by atoms with Crippen LogP contribution in [0.15, 0.2) is 46.6 Å². The van der Waals surface area contributed by atoms with Crippen LogP contribution in [0.2, 0.25) is 0 Å². The number of carbonyl (C=O) groups excluding carboxylic acids is 2. The Hall–Kier alpha value is -3.07. The van der Waals surface area contributed by atoms with E-state index >= 15 is 0 Å². The fourth-order valence-corrected chi connectivity index (χ4v) is 5.60. The van der Waals surface area contributed by atoms with Crippen LogP contribution in [-0.2, 0) is 4.79 Å². The fraction of sp³-hybridized carbons (Fsp3) is 0.458. The van der Waals surface area contributed by atoms with Crippen LogP contribution in [0.25, 0.3) is 11.4 Å². The molecule has 5 rings (SSSR count). The van der Waals surface area contributed by atoms with Crippen molar-refractivity contribution in [3.63, 3.8) is 0 Å². The van der Waals surface area contributed by atoms with E-state index < -0.39 is 0 Å². The highest BCUT2D eigenvalue weighted by atomic mass is 32.1. The SMILES string of the molecule is O=C1NCCCCCCN(C(=O)c2cccs2)[C@H]2C[C@H](c3nc(-c4cccnc4)no3)C[C@@H]12. The summed E-state index contributed by atoms with van der Waals surface area (Å²) in [4.78, 5) is 38.0. The van der Waals surface area contributed by atoms with Gasteiger partial charge in [-0.25, -0.2) is 0 Å². The van der Waals surface area contributed by atoms with Gasteiger partial charge in [-0.1, -0.05) is 24.1 Å². The van der Waals surface area contributed by atoms with Crippen LogP contribution in [0.4, 0.5) is 0 Å². The monoisotopic (exact) mass is 465 g/mol. The molecule has 9 heteroatoms. The van der Waals surface area contributed by atoms with Crippen molar-refractivity contribution < 1.29 is 14.1 Å².